The first-order valence-corrected chi connectivity index (χ1v) is 5.70. The van der Waals surface area contributed by atoms with Crippen LogP contribution in [0.25, 0.3) is 0 Å². The predicted octanol–water partition coefficient (Wildman–Crippen LogP) is -0.492. The Morgan fingerprint density at radius 1 is 1.38 bits per heavy atom. The van der Waals surface area contributed by atoms with Crippen LogP contribution in [0.4, 0.5) is 0 Å². The molecule has 0 amide bonds. The van der Waals surface area contributed by atoms with Gasteiger partial charge >= 0.3 is 0 Å². The molecule has 1 atom stereocenters. The quantitative estimate of drug-likeness (QED) is 0.641. The summed E-state index contributed by atoms with van der Waals surface area (Å²) in [5, 5.41) is 0. The van der Waals surface area contributed by atoms with Gasteiger partial charge in [-0.05, 0) is 20.8 Å². The minimum atomic E-state index is -3.37. The average molecular weight is 209 g/mol. The molecule has 0 rings (SSSR count). The van der Waals surface area contributed by atoms with Crippen molar-refractivity contribution in [2.24, 2.45) is 5.73 Å². The fourth-order valence-electron chi connectivity index (χ4n) is 0.663. The van der Waals surface area contributed by atoms with Crippen molar-refractivity contribution in [1.82, 2.24) is 9.03 Å². The van der Waals surface area contributed by atoms with Gasteiger partial charge < -0.3 is 5.73 Å². The normalized spacial score (nSPS) is 15.3. The third-order valence-corrected chi connectivity index (χ3v) is 3.69. The van der Waals surface area contributed by atoms with E-state index >= 15 is 0 Å². The summed E-state index contributed by atoms with van der Waals surface area (Å²) in [4.78, 5) is 0. The number of nitrogens with two attached hydrogens (primary N) is 1. The number of nitrogens with zero attached hydrogens (tertiary/aromatic N) is 1. The lowest BCUT2D eigenvalue weighted by Gasteiger charge is -2.23. The monoisotopic (exact) mass is 209 g/mol. The summed E-state index contributed by atoms with van der Waals surface area (Å²) in [7, 11) is -1.83. The number of hydrogen-bond acceptors (Lipinski definition) is 3. The van der Waals surface area contributed by atoms with Gasteiger partial charge in [0.25, 0.3) is 10.2 Å². The smallest absolute Gasteiger partial charge is 0.279 e. The molecule has 0 saturated heterocycles. The highest BCUT2D eigenvalue weighted by atomic mass is 32.2. The third kappa shape index (κ3) is 4.04. The van der Waals surface area contributed by atoms with Crippen molar-refractivity contribution in [2.75, 3.05) is 13.6 Å². The summed E-state index contributed by atoms with van der Waals surface area (Å²) in [5.41, 5.74) is 5.31. The Morgan fingerprint density at radius 3 is 2.15 bits per heavy atom. The number of nitrogens with one attached hydrogen (secondary N) is 1. The molecular formula is C7H19N3O2S. The van der Waals surface area contributed by atoms with Crippen LogP contribution in [0.2, 0.25) is 0 Å². The maximum Gasteiger partial charge on any atom is 0.279 e. The van der Waals surface area contributed by atoms with E-state index in [1.807, 2.05) is 13.8 Å². The molecule has 13 heavy (non-hydrogen) atoms. The summed E-state index contributed by atoms with van der Waals surface area (Å²) in [6, 6.07) is -0.284. The van der Waals surface area contributed by atoms with Gasteiger partial charge in [0, 0.05) is 25.7 Å². The fourth-order valence-corrected chi connectivity index (χ4v) is 1.99. The third-order valence-electron chi connectivity index (χ3n) is 1.81. The van der Waals surface area contributed by atoms with Crippen molar-refractivity contribution >= 4 is 10.2 Å². The summed E-state index contributed by atoms with van der Waals surface area (Å²) < 4.78 is 26.7. The maximum absolute atomic E-state index is 11.5. The molecule has 0 aromatic carbocycles. The molecule has 6 heteroatoms. The van der Waals surface area contributed by atoms with E-state index in [4.69, 9.17) is 5.73 Å². The standard InChI is InChI=1S/C7H19N3O2S/c1-6(2)10(4)13(11,12)9-7(3)5-8/h6-7,9H,5,8H2,1-4H3. The first-order chi connectivity index (χ1) is 5.81. The molecule has 1 unspecified atom stereocenters. The molecule has 5 nitrogen and oxygen atoms in total. The van der Waals surface area contributed by atoms with E-state index < -0.39 is 10.2 Å². The van der Waals surface area contributed by atoms with Gasteiger partial charge in [0.05, 0.1) is 0 Å². The van der Waals surface area contributed by atoms with E-state index in [0.29, 0.717) is 6.54 Å². The SMILES string of the molecule is CC(CN)NS(=O)(=O)N(C)C(C)C. The number of hydrogen-bond donors (Lipinski definition) is 2. The van der Waals surface area contributed by atoms with Gasteiger partial charge in [0.1, 0.15) is 0 Å². The summed E-state index contributed by atoms with van der Waals surface area (Å²) in [5.74, 6) is 0. The molecule has 0 radical (unpaired) electrons. The van der Waals surface area contributed by atoms with Crippen LogP contribution in [0.1, 0.15) is 20.8 Å². The zero-order valence-corrected chi connectivity index (χ0v) is 9.43. The van der Waals surface area contributed by atoms with Gasteiger partial charge in [-0.25, -0.2) is 0 Å². The van der Waals surface area contributed by atoms with Crippen LogP contribution in [-0.4, -0.2) is 38.4 Å². The van der Waals surface area contributed by atoms with Gasteiger partial charge in [-0.3, -0.25) is 0 Å². The predicted molar refractivity (Wildman–Crippen MR) is 53.5 cm³/mol. The van der Waals surface area contributed by atoms with Crippen molar-refractivity contribution in [3.63, 3.8) is 0 Å². The van der Waals surface area contributed by atoms with Crippen LogP contribution in [0.3, 0.4) is 0 Å². The molecule has 0 aliphatic carbocycles. The lowest BCUT2D eigenvalue weighted by Crippen LogP contribution is -2.47. The Kier molecular flexibility index (Phi) is 4.83. The van der Waals surface area contributed by atoms with Crippen LogP contribution >= 0.6 is 0 Å². The molecule has 0 heterocycles. The number of rotatable bonds is 5. The molecule has 80 valence electrons. The molecular weight excluding hydrogens is 190 g/mol. The Bertz CT molecular complexity index is 238. The Morgan fingerprint density at radius 2 is 1.85 bits per heavy atom. The van der Waals surface area contributed by atoms with Crippen LogP contribution in [0.15, 0.2) is 0 Å². The Balaban J connectivity index is 4.41. The van der Waals surface area contributed by atoms with Gasteiger partial charge in [0.15, 0.2) is 0 Å². The zero-order valence-electron chi connectivity index (χ0n) is 8.61. The van der Waals surface area contributed by atoms with Crippen LogP contribution < -0.4 is 10.5 Å². The van der Waals surface area contributed by atoms with E-state index in [9.17, 15) is 8.42 Å². The molecule has 3 N–H and O–H groups in total. The Hall–Kier alpha value is -0.170. The molecule has 0 aromatic heterocycles. The van der Waals surface area contributed by atoms with Gasteiger partial charge in [-0.15, -0.1) is 0 Å². The van der Waals surface area contributed by atoms with Crippen LogP contribution in [0, 0.1) is 0 Å². The lowest BCUT2D eigenvalue weighted by molar-refractivity contribution is 0.398. The van der Waals surface area contributed by atoms with Crippen molar-refractivity contribution in [1.29, 1.82) is 0 Å². The van der Waals surface area contributed by atoms with Crippen molar-refractivity contribution in [2.45, 2.75) is 32.9 Å². The van der Waals surface area contributed by atoms with Crippen LogP contribution in [0.5, 0.6) is 0 Å². The first kappa shape index (κ1) is 12.8. The van der Waals surface area contributed by atoms with E-state index in [1.54, 1.807) is 6.92 Å². The van der Waals surface area contributed by atoms with Crippen LogP contribution in [-0.2, 0) is 10.2 Å². The largest absolute Gasteiger partial charge is 0.329 e. The molecule has 0 saturated carbocycles. The highest BCUT2D eigenvalue weighted by molar-refractivity contribution is 7.87. The minimum Gasteiger partial charge on any atom is -0.329 e. The second kappa shape index (κ2) is 4.90. The lowest BCUT2D eigenvalue weighted by atomic mass is 10.4. The topological polar surface area (TPSA) is 75.4 Å². The first-order valence-electron chi connectivity index (χ1n) is 4.26. The van der Waals surface area contributed by atoms with Crippen molar-refractivity contribution in [3.8, 4) is 0 Å². The summed E-state index contributed by atoms with van der Waals surface area (Å²) >= 11 is 0. The van der Waals surface area contributed by atoms with Gasteiger partial charge in [-0.2, -0.15) is 17.4 Å². The fraction of sp³-hybridized carbons (Fsp3) is 1.00. The van der Waals surface area contributed by atoms with Gasteiger partial charge in [-0.1, -0.05) is 0 Å². The molecule has 0 aromatic rings. The van der Waals surface area contributed by atoms with Crippen molar-refractivity contribution in [3.05, 3.63) is 0 Å². The van der Waals surface area contributed by atoms with E-state index in [-0.39, 0.29) is 12.1 Å². The van der Waals surface area contributed by atoms with E-state index in [1.165, 1.54) is 11.4 Å². The average Bonchev–Trinajstić information content (AvgIpc) is 2.01. The highest BCUT2D eigenvalue weighted by Crippen LogP contribution is 2.01. The van der Waals surface area contributed by atoms with E-state index in [2.05, 4.69) is 4.72 Å². The molecule has 0 fully saturated rings. The van der Waals surface area contributed by atoms with E-state index in [0.717, 1.165) is 0 Å². The highest BCUT2D eigenvalue weighted by Gasteiger charge is 2.21. The maximum atomic E-state index is 11.5. The molecule has 0 aliphatic heterocycles. The molecule has 0 aliphatic rings. The second-order valence-corrected chi connectivity index (χ2v) is 5.13. The minimum absolute atomic E-state index is 0.0533. The molecule has 0 spiro atoms. The van der Waals surface area contributed by atoms with Gasteiger partial charge in [0.2, 0.25) is 0 Å². The van der Waals surface area contributed by atoms with Crippen molar-refractivity contribution < 1.29 is 8.42 Å². The Labute approximate surface area is 80.5 Å². The summed E-state index contributed by atoms with van der Waals surface area (Å²) in [6.45, 7) is 5.65. The zero-order chi connectivity index (χ0) is 10.6. The molecule has 0 bridgehead atoms. The second-order valence-electron chi connectivity index (χ2n) is 3.37. The summed E-state index contributed by atoms with van der Waals surface area (Å²) in [6.07, 6.45) is 0.